The van der Waals surface area contributed by atoms with Crippen molar-refractivity contribution in [2.45, 2.75) is 97.2 Å². The van der Waals surface area contributed by atoms with Gasteiger partial charge in [0.25, 0.3) is 5.91 Å². The first kappa shape index (κ1) is 33.0. The number of benzene rings is 1. The molecule has 4 unspecified atom stereocenters. The summed E-state index contributed by atoms with van der Waals surface area (Å²) in [6, 6.07) is 9.48. The third-order valence-electron chi connectivity index (χ3n) is 5.24. The van der Waals surface area contributed by atoms with Crippen LogP contribution in [0.25, 0.3) is 0 Å². The van der Waals surface area contributed by atoms with Gasteiger partial charge in [-0.3, -0.25) is 9.59 Å². The molecule has 0 saturated heterocycles. The largest absolute Gasteiger partial charge is 0.481 e. The number of hydrogen-bond donors (Lipinski definition) is 4. The highest BCUT2D eigenvalue weighted by atomic mass is 32.2. The van der Waals surface area contributed by atoms with Gasteiger partial charge in [0, 0.05) is 31.0 Å². The summed E-state index contributed by atoms with van der Waals surface area (Å²) in [6.07, 6.45) is 2.76. The maximum Gasteiger partial charge on any atom is 0.303 e. The molecule has 0 spiro atoms. The van der Waals surface area contributed by atoms with Crippen LogP contribution in [-0.4, -0.2) is 47.7 Å². The van der Waals surface area contributed by atoms with E-state index in [0.717, 1.165) is 5.56 Å². The number of methoxy groups -OCH3 is 1. The molecule has 1 aromatic rings. The van der Waals surface area contributed by atoms with Crippen LogP contribution in [0, 0.1) is 5.92 Å². The summed E-state index contributed by atoms with van der Waals surface area (Å²) in [5.41, 5.74) is 7.71. The van der Waals surface area contributed by atoms with E-state index in [0.29, 0.717) is 30.9 Å². The normalized spacial score (nSPS) is 16.9. The molecule has 0 saturated carbocycles. The van der Waals surface area contributed by atoms with Gasteiger partial charge in [-0.15, -0.1) is 11.8 Å². The average molecular weight is 510 g/mol. The van der Waals surface area contributed by atoms with Gasteiger partial charge >= 0.3 is 5.97 Å². The summed E-state index contributed by atoms with van der Waals surface area (Å²) in [4.78, 5) is 23.8. The monoisotopic (exact) mass is 509 g/mol. The van der Waals surface area contributed by atoms with Gasteiger partial charge in [-0.05, 0) is 30.7 Å². The molecule has 35 heavy (non-hydrogen) atoms. The predicted molar refractivity (Wildman–Crippen MR) is 147 cm³/mol. The van der Waals surface area contributed by atoms with Gasteiger partial charge in [-0.1, -0.05) is 78.3 Å². The van der Waals surface area contributed by atoms with Crippen LogP contribution < -0.4 is 16.4 Å². The zero-order valence-corrected chi connectivity index (χ0v) is 23.4. The predicted octanol–water partition coefficient (Wildman–Crippen LogP) is 4.91. The number of carboxylic acid groups (broad SMARTS) is 1. The highest BCUT2D eigenvalue weighted by Gasteiger charge is 2.31. The van der Waals surface area contributed by atoms with Crippen molar-refractivity contribution in [1.82, 2.24) is 10.6 Å². The lowest BCUT2D eigenvalue weighted by atomic mass is 9.99. The molecule has 0 aliphatic carbocycles. The number of rotatable bonds is 12. The van der Waals surface area contributed by atoms with E-state index in [1.807, 2.05) is 44.2 Å². The number of ether oxygens (including phenoxy) is 1. The Morgan fingerprint density at radius 1 is 1.20 bits per heavy atom. The van der Waals surface area contributed by atoms with Crippen molar-refractivity contribution in [3.8, 4) is 0 Å². The van der Waals surface area contributed by atoms with Gasteiger partial charge in [0.2, 0.25) is 0 Å². The molecule has 0 radical (unpaired) electrons. The average Bonchev–Trinajstić information content (AvgIpc) is 3.33. The molecule has 1 aliphatic rings. The lowest BCUT2D eigenvalue weighted by Crippen LogP contribution is -2.44. The number of amides is 1. The zero-order chi connectivity index (χ0) is 26.8. The highest BCUT2D eigenvalue weighted by molar-refractivity contribution is 8.03. The van der Waals surface area contributed by atoms with E-state index in [4.69, 9.17) is 15.6 Å². The summed E-state index contributed by atoms with van der Waals surface area (Å²) in [6.45, 7) is 12.4. The fourth-order valence-corrected chi connectivity index (χ4v) is 4.28. The maximum atomic E-state index is 12.8. The van der Waals surface area contributed by atoms with Crippen LogP contribution in [0.4, 0.5) is 0 Å². The number of carbonyl (C=O) groups is 2. The first-order valence-corrected chi connectivity index (χ1v) is 13.6. The third-order valence-corrected chi connectivity index (χ3v) is 6.33. The van der Waals surface area contributed by atoms with Crippen LogP contribution in [0.2, 0.25) is 0 Å². The number of thioether (sulfide) groups is 1. The van der Waals surface area contributed by atoms with Gasteiger partial charge in [0.05, 0.1) is 6.10 Å². The smallest absolute Gasteiger partial charge is 0.303 e. The molecule has 7 nitrogen and oxygen atoms in total. The van der Waals surface area contributed by atoms with Crippen molar-refractivity contribution in [3.63, 3.8) is 0 Å². The summed E-state index contributed by atoms with van der Waals surface area (Å²) >= 11 is 1.51. The van der Waals surface area contributed by atoms with Crippen LogP contribution in [0.5, 0.6) is 0 Å². The fraction of sp³-hybridized carbons (Fsp3) is 0.630. The van der Waals surface area contributed by atoms with Gasteiger partial charge in [0.1, 0.15) is 11.1 Å². The number of carboxylic acids is 1. The van der Waals surface area contributed by atoms with Crippen molar-refractivity contribution in [2.24, 2.45) is 11.7 Å². The Bertz CT molecular complexity index is 743. The van der Waals surface area contributed by atoms with Crippen LogP contribution in [0.3, 0.4) is 0 Å². The minimum absolute atomic E-state index is 0.000467. The number of aliphatic carboxylic acids is 1. The fourth-order valence-electron chi connectivity index (χ4n) is 3.23. The first-order valence-electron chi connectivity index (χ1n) is 12.7. The van der Waals surface area contributed by atoms with Crippen molar-refractivity contribution < 1.29 is 19.4 Å². The standard InChI is InChI=1S/C22H33N3O4S.C3H8.C2H6/c1-14(2)17(23)12-19(29-3)22-25-18(13-30-22)21(28)24-16(9-10-20(26)27)11-15-7-5-4-6-8-15;1-3-2;1-2/h4-8,13-14,16-17,19,22,25H,9-12,23H2,1-3H3,(H,24,28)(H,26,27);3H2,1-2H3;1-2H3. The first-order chi connectivity index (χ1) is 16.7. The Balaban J connectivity index is 0.00000214. The summed E-state index contributed by atoms with van der Waals surface area (Å²) < 4.78 is 5.61. The topological polar surface area (TPSA) is 114 Å². The van der Waals surface area contributed by atoms with E-state index in [2.05, 4.69) is 38.3 Å². The molecule has 0 bridgehead atoms. The van der Waals surface area contributed by atoms with E-state index in [-0.39, 0.29) is 35.9 Å². The molecule has 0 fully saturated rings. The van der Waals surface area contributed by atoms with E-state index < -0.39 is 5.97 Å². The molecule has 1 aromatic carbocycles. The number of carbonyl (C=O) groups excluding carboxylic acids is 1. The van der Waals surface area contributed by atoms with E-state index in [1.54, 1.807) is 12.5 Å². The van der Waals surface area contributed by atoms with Crippen molar-refractivity contribution in [2.75, 3.05) is 7.11 Å². The lowest BCUT2D eigenvalue weighted by Gasteiger charge is -2.27. The van der Waals surface area contributed by atoms with Crippen LogP contribution in [0.1, 0.15) is 72.8 Å². The Hall–Kier alpha value is -2.03. The Kier molecular flexibility index (Phi) is 18.1. The van der Waals surface area contributed by atoms with Crippen molar-refractivity contribution in [1.29, 1.82) is 0 Å². The van der Waals surface area contributed by atoms with E-state index in [9.17, 15) is 9.59 Å². The van der Waals surface area contributed by atoms with Crippen molar-refractivity contribution in [3.05, 3.63) is 47.0 Å². The van der Waals surface area contributed by atoms with Crippen LogP contribution >= 0.6 is 11.8 Å². The molecular weight excluding hydrogens is 462 g/mol. The van der Waals surface area contributed by atoms with Gasteiger partial charge in [-0.2, -0.15) is 0 Å². The molecule has 200 valence electrons. The van der Waals surface area contributed by atoms with Crippen molar-refractivity contribution >= 4 is 23.6 Å². The second kappa shape index (κ2) is 19.2. The minimum Gasteiger partial charge on any atom is -0.481 e. The second-order valence-corrected chi connectivity index (χ2v) is 9.67. The van der Waals surface area contributed by atoms with Gasteiger partial charge < -0.3 is 26.2 Å². The third kappa shape index (κ3) is 13.6. The van der Waals surface area contributed by atoms with Gasteiger partial charge in [-0.25, -0.2) is 0 Å². The quantitative estimate of drug-likeness (QED) is 0.316. The molecule has 1 aliphatic heterocycles. The molecule has 1 heterocycles. The Morgan fingerprint density at radius 3 is 2.31 bits per heavy atom. The van der Waals surface area contributed by atoms with Gasteiger partial charge in [0.15, 0.2) is 0 Å². The SMILES string of the molecule is CC.CCC.COC(CC(N)C(C)C)C1NC(C(=O)NC(CCC(=O)O)Cc2ccccc2)=CS1. The van der Waals surface area contributed by atoms with E-state index >= 15 is 0 Å². The zero-order valence-electron chi connectivity index (χ0n) is 22.5. The molecule has 4 atom stereocenters. The minimum atomic E-state index is -0.874. The summed E-state index contributed by atoms with van der Waals surface area (Å²) in [5, 5.41) is 17.0. The Morgan fingerprint density at radius 2 is 1.80 bits per heavy atom. The summed E-state index contributed by atoms with van der Waals surface area (Å²) in [7, 11) is 1.65. The molecular formula is C27H47N3O4S. The summed E-state index contributed by atoms with van der Waals surface area (Å²) in [5.74, 6) is -0.766. The lowest BCUT2D eigenvalue weighted by molar-refractivity contribution is -0.137. The van der Waals surface area contributed by atoms with Crippen LogP contribution in [-0.2, 0) is 20.7 Å². The number of nitrogens with two attached hydrogens (primary N) is 1. The second-order valence-electron chi connectivity index (χ2n) is 8.65. The molecule has 0 aromatic heterocycles. The number of nitrogens with one attached hydrogen (secondary N) is 2. The molecule has 2 rings (SSSR count). The Labute approximate surface area is 216 Å². The van der Waals surface area contributed by atoms with Crippen LogP contribution in [0.15, 0.2) is 41.4 Å². The molecule has 8 heteroatoms. The van der Waals surface area contributed by atoms with E-state index in [1.165, 1.54) is 18.2 Å². The molecule has 5 N–H and O–H groups in total. The molecule has 1 amide bonds. The highest BCUT2D eigenvalue weighted by Crippen LogP contribution is 2.27. The maximum absolute atomic E-state index is 12.8. The number of hydrogen-bond acceptors (Lipinski definition) is 6.